The zero-order chi connectivity index (χ0) is 13.9. The van der Waals surface area contributed by atoms with E-state index in [0.717, 1.165) is 17.7 Å². The molecule has 1 rings (SSSR count). The van der Waals surface area contributed by atoms with Crippen LogP contribution in [0, 0.1) is 12.8 Å². The van der Waals surface area contributed by atoms with E-state index >= 15 is 0 Å². The van der Waals surface area contributed by atoms with Gasteiger partial charge in [0.05, 0.1) is 0 Å². The van der Waals surface area contributed by atoms with Gasteiger partial charge in [0.25, 0.3) is 0 Å². The van der Waals surface area contributed by atoms with E-state index in [1.807, 2.05) is 12.1 Å². The summed E-state index contributed by atoms with van der Waals surface area (Å²) in [6, 6.07) is 6.59. The summed E-state index contributed by atoms with van der Waals surface area (Å²) in [7, 11) is 2.12. The van der Waals surface area contributed by atoms with Gasteiger partial charge in [0.1, 0.15) is 4.99 Å². The molecule has 1 atom stereocenters. The predicted molar refractivity (Wildman–Crippen MR) is 84.4 cm³/mol. The predicted octanol–water partition coefficient (Wildman–Crippen LogP) is 3.50. The molecule has 1 aromatic carbocycles. The van der Waals surface area contributed by atoms with Crippen molar-refractivity contribution in [3.05, 3.63) is 29.3 Å². The second-order valence-electron chi connectivity index (χ2n) is 5.42. The zero-order valence-corrected chi connectivity index (χ0v) is 12.8. The summed E-state index contributed by atoms with van der Waals surface area (Å²) in [4.78, 5) is 2.77. The molecule has 0 aliphatic heterocycles. The Morgan fingerprint density at radius 1 is 1.33 bits per heavy atom. The third-order valence-electron chi connectivity index (χ3n) is 3.33. The molecule has 1 unspecified atom stereocenters. The van der Waals surface area contributed by atoms with Gasteiger partial charge in [-0.25, -0.2) is 0 Å². The highest BCUT2D eigenvalue weighted by Crippen LogP contribution is 2.27. The third-order valence-corrected chi connectivity index (χ3v) is 3.55. The van der Waals surface area contributed by atoms with Crippen LogP contribution in [-0.2, 0) is 0 Å². The Labute approximate surface area is 116 Å². The van der Waals surface area contributed by atoms with Crippen LogP contribution in [0.15, 0.2) is 18.2 Å². The quantitative estimate of drug-likeness (QED) is 0.825. The van der Waals surface area contributed by atoms with Gasteiger partial charge in [-0.15, -0.1) is 0 Å². The molecule has 1 aromatic rings. The lowest BCUT2D eigenvalue weighted by molar-refractivity contribution is 0.503. The fourth-order valence-electron chi connectivity index (χ4n) is 2.39. The van der Waals surface area contributed by atoms with Gasteiger partial charge in [0.15, 0.2) is 0 Å². The first-order valence-electron chi connectivity index (χ1n) is 6.46. The number of hydrogen-bond acceptors (Lipinski definition) is 2. The Bertz CT molecular complexity index is 427. The van der Waals surface area contributed by atoms with Gasteiger partial charge in [-0.2, -0.15) is 0 Å². The molecule has 2 nitrogen and oxygen atoms in total. The Kier molecular flexibility index (Phi) is 5.15. The normalized spacial score (nSPS) is 12.6. The summed E-state index contributed by atoms with van der Waals surface area (Å²) in [6.07, 6.45) is 1.15. The number of anilines is 1. The Morgan fingerprint density at radius 3 is 2.44 bits per heavy atom. The van der Waals surface area contributed by atoms with Gasteiger partial charge >= 0.3 is 0 Å². The van der Waals surface area contributed by atoms with Gasteiger partial charge in [0.2, 0.25) is 0 Å². The lowest BCUT2D eigenvalue weighted by Gasteiger charge is -2.31. The summed E-state index contributed by atoms with van der Waals surface area (Å²) in [5, 5.41) is 0. The van der Waals surface area contributed by atoms with Crippen LogP contribution in [0.4, 0.5) is 5.69 Å². The minimum atomic E-state index is 0.470. The molecule has 3 heteroatoms. The van der Waals surface area contributed by atoms with Crippen LogP contribution < -0.4 is 10.6 Å². The number of nitrogens with zero attached hydrogens (tertiary/aromatic N) is 1. The SMILES string of the molecule is Cc1cccc(C(N)=S)c1N(C)C(C)CC(C)C. The molecule has 0 aliphatic rings. The summed E-state index contributed by atoms with van der Waals surface area (Å²) < 4.78 is 0. The highest BCUT2D eigenvalue weighted by molar-refractivity contribution is 7.80. The first-order valence-corrected chi connectivity index (χ1v) is 6.87. The second kappa shape index (κ2) is 6.19. The van der Waals surface area contributed by atoms with Crippen molar-refractivity contribution in [1.29, 1.82) is 0 Å². The highest BCUT2D eigenvalue weighted by atomic mass is 32.1. The van der Waals surface area contributed by atoms with E-state index in [2.05, 4.69) is 45.7 Å². The standard InChI is InChI=1S/C15H24N2S/c1-10(2)9-12(4)17(5)14-11(3)7-6-8-13(14)15(16)18/h6-8,10,12H,9H2,1-5H3,(H2,16,18). The molecule has 100 valence electrons. The van der Waals surface area contributed by atoms with Crippen molar-refractivity contribution < 1.29 is 0 Å². The van der Waals surface area contributed by atoms with Gasteiger partial charge in [-0.1, -0.05) is 38.2 Å². The Morgan fingerprint density at radius 2 is 1.94 bits per heavy atom. The molecular formula is C15H24N2S. The van der Waals surface area contributed by atoms with E-state index in [-0.39, 0.29) is 0 Å². The molecule has 0 bridgehead atoms. The molecular weight excluding hydrogens is 240 g/mol. The maximum Gasteiger partial charge on any atom is 0.106 e. The van der Waals surface area contributed by atoms with Crippen LogP contribution in [-0.4, -0.2) is 18.1 Å². The fraction of sp³-hybridized carbons (Fsp3) is 0.533. The largest absolute Gasteiger partial charge is 0.389 e. The molecule has 0 aliphatic carbocycles. The molecule has 0 fully saturated rings. The van der Waals surface area contributed by atoms with E-state index in [0.29, 0.717) is 16.9 Å². The number of aryl methyl sites for hydroxylation is 1. The summed E-state index contributed by atoms with van der Waals surface area (Å²) in [5.41, 5.74) is 9.19. The monoisotopic (exact) mass is 264 g/mol. The first-order chi connectivity index (χ1) is 8.34. The summed E-state index contributed by atoms with van der Waals surface area (Å²) in [6.45, 7) is 8.85. The first kappa shape index (κ1) is 15.0. The lowest BCUT2D eigenvalue weighted by Crippen LogP contribution is -2.32. The molecule has 0 saturated carbocycles. The van der Waals surface area contributed by atoms with Crippen molar-refractivity contribution in [3.63, 3.8) is 0 Å². The van der Waals surface area contributed by atoms with Crippen molar-refractivity contribution in [1.82, 2.24) is 0 Å². The minimum absolute atomic E-state index is 0.470. The Balaban J connectivity index is 3.11. The Hall–Kier alpha value is -1.09. The van der Waals surface area contributed by atoms with E-state index in [9.17, 15) is 0 Å². The van der Waals surface area contributed by atoms with Crippen molar-refractivity contribution in [2.75, 3.05) is 11.9 Å². The average molecular weight is 264 g/mol. The van der Waals surface area contributed by atoms with E-state index in [1.165, 1.54) is 5.56 Å². The number of benzene rings is 1. The maximum absolute atomic E-state index is 5.83. The third kappa shape index (κ3) is 3.45. The minimum Gasteiger partial charge on any atom is -0.389 e. The van der Waals surface area contributed by atoms with Crippen molar-refractivity contribution in [2.24, 2.45) is 11.7 Å². The van der Waals surface area contributed by atoms with Crippen molar-refractivity contribution in [2.45, 2.75) is 40.2 Å². The molecule has 18 heavy (non-hydrogen) atoms. The topological polar surface area (TPSA) is 29.3 Å². The highest BCUT2D eigenvalue weighted by Gasteiger charge is 2.17. The van der Waals surface area contributed by atoms with Crippen molar-refractivity contribution >= 4 is 22.9 Å². The van der Waals surface area contributed by atoms with Crippen LogP contribution in [0.3, 0.4) is 0 Å². The maximum atomic E-state index is 5.83. The number of para-hydroxylation sites is 1. The van der Waals surface area contributed by atoms with Crippen LogP contribution in [0.2, 0.25) is 0 Å². The van der Waals surface area contributed by atoms with Crippen LogP contribution in [0.1, 0.15) is 38.3 Å². The van der Waals surface area contributed by atoms with E-state index < -0.39 is 0 Å². The number of hydrogen-bond donors (Lipinski definition) is 1. The van der Waals surface area contributed by atoms with Gasteiger partial charge in [-0.05, 0) is 37.8 Å². The van der Waals surface area contributed by atoms with E-state index in [4.69, 9.17) is 18.0 Å². The van der Waals surface area contributed by atoms with Crippen LogP contribution in [0.5, 0.6) is 0 Å². The molecule has 0 aromatic heterocycles. The number of nitrogens with two attached hydrogens (primary N) is 1. The fourth-order valence-corrected chi connectivity index (χ4v) is 2.55. The summed E-state index contributed by atoms with van der Waals surface area (Å²) in [5.74, 6) is 0.680. The van der Waals surface area contributed by atoms with Gasteiger partial charge in [0, 0.05) is 24.3 Å². The summed E-state index contributed by atoms with van der Waals surface area (Å²) >= 11 is 5.15. The van der Waals surface area contributed by atoms with Crippen LogP contribution in [0.25, 0.3) is 0 Å². The lowest BCUT2D eigenvalue weighted by atomic mass is 10.0. The van der Waals surface area contributed by atoms with Crippen LogP contribution >= 0.6 is 12.2 Å². The zero-order valence-electron chi connectivity index (χ0n) is 12.0. The molecule has 0 heterocycles. The van der Waals surface area contributed by atoms with Crippen molar-refractivity contribution in [3.8, 4) is 0 Å². The van der Waals surface area contributed by atoms with Gasteiger partial charge in [-0.3, -0.25) is 0 Å². The molecule has 2 N–H and O–H groups in total. The molecule has 0 spiro atoms. The van der Waals surface area contributed by atoms with Gasteiger partial charge < -0.3 is 10.6 Å². The second-order valence-corrected chi connectivity index (χ2v) is 5.86. The molecule has 0 saturated heterocycles. The average Bonchev–Trinajstić information content (AvgIpc) is 2.26. The molecule has 0 amide bonds. The smallest absolute Gasteiger partial charge is 0.106 e. The van der Waals surface area contributed by atoms with E-state index in [1.54, 1.807) is 0 Å². The number of rotatable bonds is 5. The molecule has 0 radical (unpaired) electrons. The number of thiocarbonyl (C=S) groups is 1.